The summed E-state index contributed by atoms with van der Waals surface area (Å²) in [6.07, 6.45) is 0.277. The highest BCUT2D eigenvalue weighted by molar-refractivity contribution is 6.30. The third kappa shape index (κ3) is 3.06. The SMILES string of the molecule is N#CCC[C@@H](O)c1ccc(Cl)cc1. The fraction of sp³-hybridized carbons (Fsp3) is 0.300. The maximum absolute atomic E-state index is 9.55. The monoisotopic (exact) mass is 195 g/mol. The van der Waals surface area contributed by atoms with Crippen LogP contribution < -0.4 is 0 Å². The van der Waals surface area contributed by atoms with Gasteiger partial charge in [-0.15, -0.1) is 0 Å². The van der Waals surface area contributed by atoms with E-state index in [1.807, 2.05) is 6.07 Å². The summed E-state index contributed by atoms with van der Waals surface area (Å²) in [5, 5.41) is 18.5. The summed E-state index contributed by atoms with van der Waals surface area (Å²) in [7, 11) is 0. The number of benzene rings is 1. The largest absolute Gasteiger partial charge is 0.388 e. The molecular formula is C10H10ClNO. The highest BCUT2D eigenvalue weighted by Gasteiger charge is 2.05. The van der Waals surface area contributed by atoms with Gasteiger partial charge in [0.25, 0.3) is 0 Å². The number of nitrogens with zero attached hydrogens (tertiary/aromatic N) is 1. The minimum Gasteiger partial charge on any atom is -0.388 e. The number of hydrogen-bond acceptors (Lipinski definition) is 2. The van der Waals surface area contributed by atoms with Gasteiger partial charge in [-0.05, 0) is 24.1 Å². The van der Waals surface area contributed by atoms with Crippen molar-refractivity contribution in [1.29, 1.82) is 5.26 Å². The summed E-state index contributed by atoms with van der Waals surface area (Å²) in [6.45, 7) is 0. The van der Waals surface area contributed by atoms with Gasteiger partial charge in [0.2, 0.25) is 0 Å². The molecular weight excluding hydrogens is 186 g/mol. The van der Waals surface area contributed by atoms with Gasteiger partial charge in [-0.25, -0.2) is 0 Å². The highest BCUT2D eigenvalue weighted by atomic mass is 35.5. The van der Waals surface area contributed by atoms with Crippen LogP contribution in [0.25, 0.3) is 0 Å². The Kier molecular flexibility index (Phi) is 3.75. The van der Waals surface area contributed by atoms with Crippen molar-refractivity contribution in [2.75, 3.05) is 0 Å². The number of aliphatic hydroxyl groups is 1. The van der Waals surface area contributed by atoms with Crippen molar-refractivity contribution in [3.05, 3.63) is 34.9 Å². The maximum Gasteiger partial charge on any atom is 0.0799 e. The van der Waals surface area contributed by atoms with Gasteiger partial charge in [-0.3, -0.25) is 0 Å². The Morgan fingerprint density at radius 2 is 2.00 bits per heavy atom. The van der Waals surface area contributed by atoms with Crippen LogP contribution >= 0.6 is 11.6 Å². The Labute approximate surface area is 82.4 Å². The lowest BCUT2D eigenvalue weighted by Crippen LogP contribution is -1.95. The molecule has 0 spiro atoms. The zero-order valence-corrected chi connectivity index (χ0v) is 7.83. The smallest absolute Gasteiger partial charge is 0.0799 e. The van der Waals surface area contributed by atoms with Crippen molar-refractivity contribution in [3.8, 4) is 6.07 Å². The Balaban J connectivity index is 2.62. The van der Waals surface area contributed by atoms with E-state index in [0.29, 0.717) is 17.9 Å². The molecule has 0 heterocycles. The quantitative estimate of drug-likeness (QED) is 0.806. The molecule has 0 aliphatic carbocycles. The average molecular weight is 196 g/mol. The van der Waals surface area contributed by atoms with Gasteiger partial charge in [0.05, 0.1) is 12.2 Å². The minimum atomic E-state index is -0.558. The van der Waals surface area contributed by atoms with E-state index in [0.717, 1.165) is 5.56 Å². The molecule has 0 aliphatic rings. The van der Waals surface area contributed by atoms with Crippen molar-refractivity contribution in [2.24, 2.45) is 0 Å². The van der Waals surface area contributed by atoms with Gasteiger partial charge in [-0.1, -0.05) is 23.7 Å². The fourth-order valence-electron chi connectivity index (χ4n) is 1.05. The van der Waals surface area contributed by atoms with E-state index in [1.165, 1.54) is 0 Å². The first-order valence-electron chi connectivity index (χ1n) is 4.04. The molecule has 0 bridgehead atoms. The zero-order valence-electron chi connectivity index (χ0n) is 7.07. The van der Waals surface area contributed by atoms with Gasteiger partial charge < -0.3 is 5.11 Å². The van der Waals surface area contributed by atoms with Crippen LogP contribution in [-0.4, -0.2) is 5.11 Å². The number of nitriles is 1. The molecule has 1 aromatic rings. The van der Waals surface area contributed by atoms with E-state index in [9.17, 15) is 5.11 Å². The molecule has 68 valence electrons. The lowest BCUT2D eigenvalue weighted by Gasteiger charge is -2.07. The second-order valence-corrected chi connectivity index (χ2v) is 3.20. The summed E-state index contributed by atoms with van der Waals surface area (Å²) in [5.74, 6) is 0. The molecule has 3 heteroatoms. The van der Waals surface area contributed by atoms with Gasteiger partial charge in [0, 0.05) is 11.4 Å². The Morgan fingerprint density at radius 1 is 1.38 bits per heavy atom. The van der Waals surface area contributed by atoms with Crippen LogP contribution in [0, 0.1) is 11.3 Å². The summed E-state index contributed by atoms with van der Waals surface area (Å²) >= 11 is 5.69. The Morgan fingerprint density at radius 3 is 2.54 bits per heavy atom. The molecule has 1 aromatic carbocycles. The predicted octanol–water partition coefficient (Wildman–Crippen LogP) is 2.68. The Hall–Kier alpha value is -1.04. The second kappa shape index (κ2) is 4.86. The molecule has 0 saturated carbocycles. The number of hydrogen-bond donors (Lipinski definition) is 1. The third-order valence-corrected chi connectivity index (χ3v) is 2.04. The molecule has 1 rings (SSSR count). The second-order valence-electron chi connectivity index (χ2n) is 2.76. The standard InChI is InChI=1S/C10H10ClNO/c11-9-5-3-8(4-6-9)10(13)2-1-7-12/h3-6,10,13H,1-2H2/t10-/m1/s1. The molecule has 0 unspecified atom stereocenters. The first-order valence-corrected chi connectivity index (χ1v) is 4.42. The molecule has 0 aliphatic heterocycles. The molecule has 0 amide bonds. The minimum absolute atomic E-state index is 0.365. The van der Waals surface area contributed by atoms with Gasteiger partial charge in [0.15, 0.2) is 0 Å². The van der Waals surface area contributed by atoms with Crippen molar-refractivity contribution in [1.82, 2.24) is 0 Å². The summed E-state index contributed by atoms with van der Waals surface area (Å²) in [5.41, 5.74) is 0.805. The van der Waals surface area contributed by atoms with E-state index in [2.05, 4.69) is 0 Å². The van der Waals surface area contributed by atoms with Crippen LogP contribution in [0.15, 0.2) is 24.3 Å². The van der Waals surface area contributed by atoms with Gasteiger partial charge >= 0.3 is 0 Å². The first kappa shape index (κ1) is 10.0. The molecule has 2 nitrogen and oxygen atoms in total. The van der Waals surface area contributed by atoms with Crippen LogP contribution in [0.2, 0.25) is 5.02 Å². The van der Waals surface area contributed by atoms with Gasteiger partial charge in [-0.2, -0.15) is 5.26 Å². The molecule has 13 heavy (non-hydrogen) atoms. The van der Waals surface area contributed by atoms with E-state index in [-0.39, 0.29) is 0 Å². The van der Waals surface area contributed by atoms with E-state index < -0.39 is 6.10 Å². The normalized spacial score (nSPS) is 12.1. The third-order valence-electron chi connectivity index (χ3n) is 1.78. The molecule has 0 fully saturated rings. The summed E-state index contributed by atoms with van der Waals surface area (Å²) in [4.78, 5) is 0. The maximum atomic E-state index is 9.55. The van der Waals surface area contributed by atoms with Crippen molar-refractivity contribution in [2.45, 2.75) is 18.9 Å². The topological polar surface area (TPSA) is 44.0 Å². The molecule has 0 radical (unpaired) electrons. The number of halogens is 1. The van der Waals surface area contributed by atoms with Crippen LogP contribution in [0.5, 0.6) is 0 Å². The summed E-state index contributed by atoms with van der Waals surface area (Å²) in [6, 6.07) is 8.99. The predicted molar refractivity (Wildman–Crippen MR) is 51.3 cm³/mol. The van der Waals surface area contributed by atoms with Crippen LogP contribution in [0.1, 0.15) is 24.5 Å². The van der Waals surface area contributed by atoms with Crippen LogP contribution in [0.3, 0.4) is 0 Å². The van der Waals surface area contributed by atoms with Crippen molar-refractivity contribution >= 4 is 11.6 Å². The number of aliphatic hydroxyl groups excluding tert-OH is 1. The van der Waals surface area contributed by atoms with Crippen LogP contribution in [0.4, 0.5) is 0 Å². The van der Waals surface area contributed by atoms with Gasteiger partial charge in [0.1, 0.15) is 0 Å². The number of rotatable bonds is 3. The molecule has 0 saturated heterocycles. The zero-order chi connectivity index (χ0) is 9.68. The highest BCUT2D eigenvalue weighted by Crippen LogP contribution is 2.19. The molecule has 0 aromatic heterocycles. The van der Waals surface area contributed by atoms with E-state index in [4.69, 9.17) is 16.9 Å². The van der Waals surface area contributed by atoms with Crippen LogP contribution in [-0.2, 0) is 0 Å². The van der Waals surface area contributed by atoms with E-state index >= 15 is 0 Å². The van der Waals surface area contributed by atoms with Crippen molar-refractivity contribution in [3.63, 3.8) is 0 Å². The van der Waals surface area contributed by atoms with E-state index in [1.54, 1.807) is 24.3 Å². The first-order chi connectivity index (χ1) is 6.24. The summed E-state index contributed by atoms with van der Waals surface area (Å²) < 4.78 is 0. The molecule has 1 N–H and O–H groups in total. The van der Waals surface area contributed by atoms with Crippen molar-refractivity contribution < 1.29 is 5.11 Å². The Bertz CT molecular complexity index is 302. The molecule has 1 atom stereocenters. The lowest BCUT2D eigenvalue weighted by atomic mass is 10.1. The fourth-order valence-corrected chi connectivity index (χ4v) is 1.18. The lowest BCUT2D eigenvalue weighted by molar-refractivity contribution is 0.169. The average Bonchev–Trinajstić information content (AvgIpc) is 2.15.